The molecule has 2 aromatic carbocycles. The van der Waals surface area contributed by atoms with Crippen LogP contribution in [-0.4, -0.2) is 39.2 Å². The van der Waals surface area contributed by atoms with Crippen LogP contribution >= 0.6 is 22.7 Å². The van der Waals surface area contributed by atoms with Gasteiger partial charge in [0.2, 0.25) is 11.0 Å². The lowest BCUT2D eigenvalue weighted by Gasteiger charge is -2.07. The first-order chi connectivity index (χ1) is 18.4. The monoisotopic (exact) mass is 557 g/mol. The molecule has 38 heavy (non-hydrogen) atoms. The molecule has 8 nitrogen and oxygen atoms in total. The highest BCUT2D eigenvalue weighted by Crippen LogP contribution is 2.25. The molecule has 0 saturated heterocycles. The maximum atomic E-state index is 14.3. The van der Waals surface area contributed by atoms with Crippen LogP contribution in [0.1, 0.15) is 39.0 Å². The van der Waals surface area contributed by atoms with Crippen LogP contribution in [0.4, 0.5) is 13.9 Å². The number of hydrogen-bond donors (Lipinski definition) is 1. The third kappa shape index (κ3) is 7.68. The zero-order valence-electron chi connectivity index (χ0n) is 20.6. The highest BCUT2D eigenvalue weighted by atomic mass is 32.1. The average Bonchev–Trinajstić information content (AvgIpc) is 3.53. The topological polar surface area (TPSA) is 107 Å². The number of halogens is 2. The molecule has 4 aromatic rings. The first-order valence-electron chi connectivity index (χ1n) is 11.9. The van der Waals surface area contributed by atoms with E-state index in [0.717, 1.165) is 40.9 Å². The lowest BCUT2D eigenvalue weighted by molar-refractivity contribution is -0.118. The van der Waals surface area contributed by atoms with Gasteiger partial charge in [-0.3, -0.25) is 9.59 Å². The van der Waals surface area contributed by atoms with Gasteiger partial charge in [0.25, 0.3) is 0 Å². The Morgan fingerprint density at radius 3 is 2.26 bits per heavy atom. The molecule has 2 aromatic heterocycles. The fourth-order valence-electron chi connectivity index (χ4n) is 3.70. The van der Waals surface area contributed by atoms with Gasteiger partial charge >= 0.3 is 0 Å². The van der Waals surface area contributed by atoms with Gasteiger partial charge in [-0.25, -0.2) is 8.78 Å². The molecular formula is C26H25F2N5O3S2. The van der Waals surface area contributed by atoms with Gasteiger partial charge in [-0.05, 0) is 30.0 Å². The number of anilines is 1. The Labute approximate surface area is 226 Å². The molecule has 1 N–H and O–H groups in total. The number of aromatic nitrogens is 4. The van der Waals surface area contributed by atoms with Crippen molar-refractivity contribution in [1.29, 1.82) is 0 Å². The molecule has 198 valence electrons. The second-order valence-electron chi connectivity index (χ2n) is 8.45. The predicted octanol–water partition coefficient (Wildman–Crippen LogP) is 4.78. The van der Waals surface area contributed by atoms with Crippen molar-refractivity contribution >= 4 is 39.5 Å². The van der Waals surface area contributed by atoms with Gasteiger partial charge in [-0.15, -0.1) is 31.7 Å². The number of aryl methyl sites for hydroxylation is 2. The minimum atomic E-state index is -0.865. The van der Waals surface area contributed by atoms with Crippen LogP contribution in [-0.2, 0) is 41.7 Å². The van der Waals surface area contributed by atoms with Gasteiger partial charge in [-0.2, -0.15) is 0 Å². The maximum absolute atomic E-state index is 14.3. The van der Waals surface area contributed by atoms with E-state index in [1.165, 1.54) is 35.8 Å². The van der Waals surface area contributed by atoms with E-state index >= 15 is 0 Å². The summed E-state index contributed by atoms with van der Waals surface area (Å²) in [6.07, 6.45) is 3.25. The van der Waals surface area contributed by atoms with Crippen LogP contribution in [0.3, 0.4) is 0 Å². The molecule has 0 aliphatic rings. The van der Waals surface area contributed by atoms with Crippen molar-refractivity contribution in [2.75, 3.05) is 12.4 Å². The minimum Gasteiger partial charge on any atom is -0.491 e. The van der Waals surface area contributed by atoms with Crippen LogP contribution in [0, 0.1) is 11.6 Å². The van der Waals surface area contributed by atoms with E-state index in [1.54, 1.807) is 0 Å². The maximum Gasteiger partial charge on any atom is 0.230 e. The number of unbranched alkanes of at least 4 members (excludes halogenated alkanes) is 1. The standard InChI is InChI=1S/C26H25F2N5O3S2/c1-36-25-19(27)12-11-17(24(25)28)14-18(34)15-23-32-30-21(37-23)9-5-6-10-22-31-33-26(38-22)29-20(35)13-16-7-3-2-4-8-16/h2-4,7-8,11-12H,5-6,9-10,13-15H2,1H3,(H,29,33,35). The van der Waals surface area contributed by atoms with E-state index in [2.05, 4.69) is 25.7 Å². The van der Waals surface area contributed by atoms with Crippen LogP contribution in [0.25, 0.3) is 0 Å². The van der Waals surface area contributed by atoms with E-state index in [1.807, 2.05) is 30.3 Å². The largest absolute Gasteiger partial charge is 0.491 e. The van der Waals surface area contributed by atoms with E-state index in [0.29, 0.717) is 16.6 Å². The normalized spacial score (nSPS) is 10.9. The Morgan fingerprint density at radius 1 is 0.842 bits per heavy atom. The molecule has 0 saturated carbocycles. The molecular weight excluding hydrogens is 532 g/mol. The third-order valence-corrected chi connectivity index (χ3v) is 7.41. The molecule has 4 rings (SSSR count). The molecule has 0 spiro atoms. The number of rotatable bonds is 13. The molecule has 1 amide bonds. The van der Waals surface area contributed by atoms with E-state index < -0.39 is 17.4 Å². The summed E-state index contributed by atoms with van der Waals surface area (Å²) >= 11 is 2.71. The van der Waals surface area contributed by atoms with Gasteiger partial charge in [0, 0.05) is 19.3 Å². The van der Waals surface area contributed by atoms with Crippen molar-refractivity contribution in [3.8, 4) is 5.75 Å². The van der Waals surface area contributed by atoms with E-state index in [9.17, 15) is 18.4 Å². The number of nitrogens with one attached hydrogen (secondary N) is 1. The predicted molar refractivity (Wildman–Crippen MR) is 141 cm³/mol. The number of carbonyl (C=O) groups excluding carboxylic acids is 2. The molecule has 0 fully saturated rings. The summed E-state index contributed by atoms with van der Waals surface area (Å²) in [5.74, 6) is -2.55. The number of benzene rings is 2. The van der Waals surface area contributed by atoms with Crippen molar-refractivity contribution in [1.82, 2.24) is 20.4 Å². The summed E-state index contributed by atoms with van der Waals surface area (Å²) in [4.78, 5) is 24.6. The first-order valence-corrected chi connectivity index (χ1v) is 13.5. The first kappa shape index (κ1) is 27.4. The lowest BCUT2D eigenvalue weighted by atomic mass is 10.1. The van der Waals surface area contributed by atoms with Crippen molar-refractivity contribution in [2.45, 2.75) is 44.9 Å². The minimum absolute atomic E-state index is 0.0281. The van der Waals surface area contributed by atoms with Gasteiger partial charge in [0.05, 0.1) is 20.0 Å². The summed E-state index contributed by atoms with van der Waals surface area (Å²) in [6.45, 7) is 0. The zero-order chi connectivity index (χ0) is 26.9. The molecule has 0 bridgehead atoms. The highest BCUT2D eigenvalue weighted by molar-refractivity contribution is 7.15. The fourth-order valence-corrected chi connectivity index (χ4v) is 5.42. The third-order valence-electron chi connectivity index (χ3n) is 5.53. The van der Waals surface area contributed by atoms with Gasteiger partial charge in [-0.1, -0.05) is 47.7 Å². The molecule has 12 heteroatoms. The zero-order valence-corrected chi connectivity index (χ0v) is 22.2. The van der Waals surface area contributed by atoms with Gasteiger partial charge in [0.15, 0.2) is 17.4 Å². The molecule has 2 heterocycles. The molecule has 0 unspecified atom stereocenters. The van der Waals surface area contributed by atoms with Crippen LogP contribution in [0.2, 0.25) is 0 Å². The number of nitrogens with zero attached hydrogens (tertiary/aromatic N) is 4. The van der Waals surface area contributed by atoms with E-state index in [4.69, 9.17) is 4.74 Å². The smallest absolute Gasteiger partial charge is 0.230 e. The Hall–Kier alpha value is -3.64. The lowest BCUT2D eigenvalue weighted by Crippen LogP contribution is -2.14. The molecule has 0 aliphatic heterocycles. The quantitative estimate of drug-likeness (QED) is 0.236. The molecule has 0 atom stereocenters. The Balaban J connectivity index is 1.17. The second kappa shape index (κ2) is 13.2. The molecule has 0 aliphatic carbocycles. The Bertz CT molecular complexity index is 1390. The van der Waals surface area contributed by atoms with Crippen LogP contribution in [0.15, 0.2) is 42.5 Å². The number of ketones is 1. The van der Waals surface area contributed by atoms with Crippen molar-refractivity contribution in [3.63, 3.8) is 0 Å². The molecule has 0 radical (unpaired) electrons. The summed E-state index contributed by atoms with van der Waals surface area (Å²) in [7, 11) is 1.18. The Kier molecular flexibility index (Phi) is 9.55. The number of ether oxygens (including phenoxy) is 1. The van der Waals surface area contributed by atoms with Gasteiger partial charge < -0.3 is 10.1 Å². The van der Waals surface area contributed by atoms with Gasteiger partial charge in [0.1, 0.15) is 20.8 Å². The number of carbonyl (C=O) groups is 2. The number of Topliss-reactive ketones (excluding diaryl/α,β-unsaturated/α-hetero) is 1. The summed E-state index contributed by atoms with van der Waals surface area (Å²) in [5.41, 5.74) is 1.01. The fraction of sp³-hybridized carbons (Fsp3) is 0.308. The Morgan fingerprint density at radius 2 is 1.53 bits per heavy atom. The average molecular weight is 558 g/mol. The highest BCUT2D eigenvalue weighted by Gasteiger charge is 2.18. The van der Waals surface area contributed by atoms with Crippen LogP contribution < -0.4 is 10.1 Å². The number of amides is 1. The summed E-state index contributed by atoms with van der Waals surface area (Å²) < 4.78 is 32.6. The summed E-state index contributed by atoms with van der Waals surface area (Å²) in [6, 6.07) is 11.8. The van der Waals surface area contributed by atoms with E-state index in [-0.39, 0.29) is 36.5 Å². The second-order valence-corrected chi connectivity index (χ2v) is 10.7. The van der Waals surface area contributed by atoms with Crippen molar-refractivity contribution in [3.05, 3.63) is 80.2 Å². The SMILES string of the molecule is COc1c(F)ccc(CC(=O)Cc2nnc(CCCCc3nnc(NC(=O)Cc4ccccc4)s3)s2)c1F. The summed E-state index contributed by atoms with van der Waals surface area (Å²) in [5, 5.41) is 21.9. The number of methoxy groups -OCH3 is 1. The van der Waals surface area contributed by atoms with Crippen molar-refractivity contribution < 1.29 is 23.1 Å². The van der Waals surface area contributed by atoms with Crippen molar-refractivity contribution in [2.24, 2.45) is 0 Å². The van der Waals surface area contributed by atoms with Crippen LogP contribution in [0.5, 0.6) is 5.75 Å². The number of hydrogen-bond acceptors (Lipinski definition) is 9.